The molecule has 1 fully saturated rings. The molecule has 0 atom stereocenters. The summed E-state index contributed by atoms with van der Waals surface area (Å²) in [5.41, 5.74) is 0.539. The van der Waals surface area contributed by atoms with E-state index in [1.807, 2.05) is 13.8 Å². The normalized spacial score (nSPS) is 16.4. The van der Waals surface area contributed by atoms with Crippen LogP contribution in [-0.4, -0.2) is 15.8 Å². The number of halogens is 2. The highest BCUT2D eigenvalue weighted by Gasteiger charge is 2.23. The van der Waals surface area contributed by atoms with Crippen LogP contribution in [0.3, 0.4) is 0 Å². The van der Waals surface area contributed by atoms with E-state index in [4.69, 9.17) is 0 Å². The van der Waals surface area contributed by atoms with E-state index in [9.17, 15) is 8.78 Å². The number of hydrogen-bond donors (Lipinski definition) is 1. The number of nitrogens with one attached hydrogen (secondary N) is 1. The molecule has 1 aromatic heterocycles. The van der Waals surface area contributed by atoms with E-state index in [2.05, 4.69) is 10.4 Å². The predicted molar refractivity (Wildman–Crippen MR) is 57.4 cm³/mol. The van der Waals surface area contributed by atoms with Gasteiger partial charge in [-0.25, -0.2) is 8.78 Å². The van der Waals surface area contributed by atoms with Gasteiger partial charge in [-0.1, -0.05) is 0 Å². The van der Waals surface area contributed by atoms with E-state index in [1.165, 1.54) is 0 Å². The second-order valence-corrected chi connectivity index (χ2v) is 4.57. The molecule has 0 spiro atoms. The van der Waals surface area contributed by atoms with Crippen LogP contribution in [0.5, 0.6) is 0 Å². The van der Waals surface area contributed by atoms with E-state index >= 15 is 0 Å². The Morgan fingerprint density at radius 3 is 2.69 bits per heavy atom. The van der Waals surface area contributed by atoms with Crippen molar-refractivity contribution < 1.29 is 8.78 Å². The average molecular weight is 229 g/mol. The monoisotopic (exact) mass is 229 g/mol. The van der Waals surface area contributed by atoms with Gasteiger partial charge in [0.2, 0.25) is 0 Å². The molecule has 1 aromatic rings. The van der Waals surface area contributed by atoms with Gasteiger partial charge in [-0.15, -0.1) is 0 Å². The molecule has 2 rings (SSSR count). The quantitative estimate of drug-likeness (QED) is 0.841. The van der Waals surface area contributed by atoms with Gasteiger partial charge in [0.25, 0.3) is 6.43 Å². The molecule has 1 saturated carbocycles. The molecule has 1 N–H and O–H groups in total. The Labute approximate surface area is 93.8 Å². The molecule has 16 heavy (non-hydrogen) atoms. The van der Waals surface area contributed by atoms with Gasteiger partial charge in [0.1, 0.15) is 5.69 Å². The fourth-order valence-corrected chi connectivity index (χ4v) is 1.57. The van der Waals surface area contributed by atoms with Crippen LogP contribution in [0.25, 0.3) is 0 Å². The van der Waals surface area contributed by atoms with Crippen LogP contribution in [-0.2, 0) is 6.54 Å². The van der Waals surface area contributed by atoms with Gasteiger partial charge in [0.15, 0.2) is 0 Å². The molecule has 0 radical (unpaired) electrons. The molecule has 1 aliphatic carbocycles. The van der Waals surface area contributed by atoms with Gasteiger partial charge in [-0.3, -0.25) is 4.68 Å². The minimum Gasteiger partial charge on any atom is -0.310 e. The van der Waals surface area contributed by atoms with Crippen molar-refractivity contribution in [1.29, 1.82) is 0 Å². The second kappa shape index (κ2) is 4.49. The first-order chi connectivity index (χ1) is 7.58. The van der Waals surface area contributed by atoms with Crippen LogP contribution in [0, 0.1) is 0 Å². The van der Waals surface area contributed by atoms with Crippen molar-refractivity contribution in [2.75, 3.05) is 0 Å². The lowest BCUT2D eigenvalue weighted by Crippen LogP contribution is -2.16. The average Bonchev–Trinajstić information content (AvgIpc) is 2.92. The Kier molecular flexibility index (Phi) is 3.23. The Bertz CT molecular complexity index is 356. The largest absolute Gasteiger partial charge is 0.310 e. The number of aromatic nitrogens is 2. The van der Waals surface area contributed by atoms with Crippen molar-refractivity contribution in [2.24, 2.45) is 0 Å². The van der Waals surface area contributed by atoms with E-state index in [1.54, 1.807) is 10.9 Å². The SMILES string of the molecule is CC(C)n1cc(CNC2CC2)c(C(F)F)n1. The smallest absolute Gasteiger partial charge is 0.282 e. The highest BCUT2D eigenvalue weighted by Crippen LogP contribution is 2.24. The molecule has 1 aliphatic rings. The van der Waals surface area contributed by atoms with Crippen LogP contribution in [0.1, 0.15) is 50.4 Å². The fraction of sp³-hybridized carbons (Fsp3) is 0.727. The van der Waals surface area contributed by atoms with Gasteiger partial charge in [-0.05, 0) is 26.7 Å². The summed E-state index contributed by atoms with van der Waals surface area (Å²) in [6.45, 7) is 4.36. The third kappa shape index (κ3) is 2.58. The zero-order valence-corrected chi connectivity index (χ0v) is 9.58. The zero-order valence-electron chi connectivity index (χ0n) is 9.58. The summed E-state index contributed by atoms with van der Waals surface area (Å²) in [6, 6.07) is 0.639. The maximum atomic E-state index is 12.7. The van der Waals surface area contributed by atoms with Crippen LogP contribution in [0.15, 0.2) is 6.20 Å². The fourth-order valence-electron chi connectivity index (χ4n) is 1.57. The Morgan fingerprint density at radius 1 is 1.50 bits per heavy atom. The first kappa shape index (κ1) is 11.5. The molecule has 0 amide bonds. The van der Waals surface area contributed by atoms with Gasteiger partial charge in [0, 0.05) is 30.4 Å². The van der Waals surface area contributed by atoms with Crippen molar-refractivity contribution in [3.63, 3.8) is 0 Å². The molecule has 5 heteroatoms. The molecule has 0 bridgehead atoms. The minimum atomic E-state index is -2.49. The Morgan fingerprint density at radius 2 is 2.19 bits per heavy atom. The van der Waals surface area contributed by atoms with Crippen molar-refractivity contribution >= 4 is 0 Å². The van der Waals surface area contributed by atoms with E-state index in [0.29, 0.717) is 18.2 Å². The van der Waals surface area contributed by atoms with Crippen LogP contribution >= 0.6 is 0 Å². The third-order valence-electron chi connectivity index (χ3n) is 2.73. The zero-order chi connectivity index (χ0) is 11.7. The number of nitrogens with zero attached hydrogens (tertiary/aromatic N) is 2. The molecule has 1 heterocycles. The molecular formula is C11H17F2N3. The van der Waals surface area contributed by atoms with Gasteiger partial charge in [-0.2, -0.15) is 5.10 Å². The molecule has 0 aromatic carbocycles. The molecule has 0 saturated heterocycles. The lowest BCUT2D eigenvalue weighted by Gasteiger charge is -2.03. The van der Waals surface area contributed by atoms with Crippen LogP contribution in [0.4, 0.5) is 8.78 Å². The lowest BCUT2D eigenvalue weighted by atomic mass is 10.2. The second-order valence-electron chi connectivity index (χ2n) is 4.57. The lowest BCUT2D eigenvalue weighted by molar-refractivity contribution is 0.143. The van der Waals surface area contributed by atoms with Crippen LogP contribution in [0.2, 0.25) is 0 Å². The molecule has 90 valence electrons. The summed E-state index contributed by atoms with van der Waals surface area (Å²) in [7, 11) is 0. The predicted octanol–water partition coefficient (Wildman–Crippen LogP) is 2.65. The molecule has 3 nitrogen and oxygen atoms in total. The number of rotatable bonds is 5. The maximum absolute atomic E-state index is 12.7. The van der Waals surface area contributed by atoms with Crippen LogP contribution < -0.4 is 5.32 Å². The van der Waals surface area contributed by atoms with E-state index in [-0.39, 0.29) is 11.7 Å². The first-order valence-corrected chi connectivity index (χ1v) is 5.67. The summed E-state index contributed by atoms with van der Waals surface area (Å²) >= 11 is 0. The highest BCUT2D eigenvalue weighted by atomic mass is 19.3. The number of alkyl halides is 2. The van der Waals surface area contributed by atoms with Crippen molar-refractivity contribution in [1.82, 2.24) is 15.1 Å². The summed E-state index contributed by atoms with van der Waals surface area (Å²) < 4.78 is 27.1. The van der Waals surface area contributed by atoms with E-state index in [0.717, 1.165) is 12.8 Å². The third-order valence-corrected chi connectivity index (χ3v) is 2.73. The maximum Gasteiger partial charge on any atom is 0.282 e. The van der Waals surface area contributed by atoms with Crippen molar-refractivity contribution in [2.45, 2.75) is 51.7 Å². The first-order valence-electron chi connectivity index (χ1n) is 5.67. The minimum absolute atomic E-state index is 0.0816. The Balaban J connectivity index is 2.11. The standard InChI is InChI=1S/C11H17F2N3/c1-7(2)16-6-8(5-14-9-3-4-9)10(15-16)11(12)13/h6-7,9,11,14H,3-5H2,1-2H3. The Hall–Kier alpha value is -0.970. The van der Waals surface area contributed by atoms with E-state index < -0.39 is 6.43 Å². The van der Waals surface area contributed by atoms with Crippen molar-refractivity contribution in [3.05, 3.63) is 17.5 Å². The molecular weight excluding hydrogens is 212 g/mol. The highest BCUT2D eigenvalue weighted by molar-refractivity contribution is 5.18. The summed E-state index contributed by atoms with van der Waals surface area (Å²) in [6.07, 6.45) is 1.54. The number of hydrogen-bond acceptors (Lipinski definition) is 2. The molecule has 0 unspecified atom stereocenters. The van der Waals surface area contributed by atoms with Gasteiger partial charge >= 0.3 is 0 Å². The summed E-state index contributed by atoms with van der Waals surface area (Å²) in [4.78, 5) is 0. The summed E-state index contributed by atoms with van der Waals surface area (Å²) in [5.74, 6) is 0. The van der Waals surface area contributed by atoms with Gasteiger partial charge in [0.05, 0.1) is 0 Å². The summed E-state index contributed by atoms with van der Waals surface area (Å²) in [5, 5.41) is 7.17. The van der Waals surface area contributed by atoms with Gasteiger partial charge < -0.3 is 5.32 Å². The molecule has 0 aliphatic heterocycles. The van der Waals surface area contributed by atoms with Crippen molar-refractivity contribution in [3.8, 4) is 0 Å². The topological polar surface area (TPSA) is 29.9 Å².